The Bertz CT molecular complexity index is 797. The SMILES string of the molecule is Cc1nc(C(=O)Nc2ccc(F)cc2)c(-c2ccccc2)s1. The van der Waals surface area contributed by atoms with Crippen molar-refractivity contribution in [3.05, 3.63) is 71.1 Å². The fourth-order valence-electron chi connectivity index (χ4n) is 2.09. The van der Waals surface area contributed by atoms with Crippen LogP contribution in [-0.4, -0.2) is 10.9 Å². The van der Waals surface area contributed by atoms with Crippen LogP contribution in [0.3, 0.4) is 0 Å². The quantitative estimate of drug-likeness (QED) is 0.773. The van der Waals surface area contributed by atoms with Gasteiger partial charge in [0.1, 0.15) is 11.5 Å². The standard InChI is InChI=1S/C17H13FN2OS/c1-11-19-15(16(22-11)12-5-3-2-4-6-12)17(21)20-14-9-7-13(18)8-10-14/h2-10H,1H3,(H,20,21). The van der Waals surface area contributed by atoms with Gasteiger partial charge in [-0.05, 0) is 36.8 Å². The van der Waals surface area contributed by atoms with E-state index < -0.39 is 0 Å². The van der Waals surface area contributed by atoms with Crippen LogP contribution in [0.2, 0.25) is 0 Å². The van der Waals surface area contributed by atoms with Crippen molar-refractivity contribution in [2.75, 3.05) is 5.32 Å². The maximum Gasteiger partial charge on any atom is 0.275 e. The summed E-state index contributed by atoms with van der Waals surface area (Å²) in [5.41, 5.74) is 1.88. The Balaban J connectivity index is 1.91. The van der Waals surface area contributed by atoms with Crippen molar-refractivity contribution in [1.29, 1.82) is 0 Å². The highest BCUT2D eigenvalue weighted by Gasteiger charge is 2.18. The van der Waals surface area contributed by atoms with Crippen LogP contribution in [0.25, 0.3) is 10.4 Å². The largest absolute Gasteiger partial charge is 0.321 e. The predicted octanol–water partition coefficient (Wildman–Crippen LogP) is 4.51. The number of carbonyl (C=O) groups is 1. The van der Waals surface area contributed by atoms with Crippen molar-refractivity contribution in [3.8, 4) is 10.4 Å². The molecule has 0 aliphatic carbocycles. The van der Waals surface area contributed by atoms with Crippen LogP contribution < -0.4 is 5.32 Å². The Labute approximate surface area is 131 Å². The number of thiazole rings is 1. The summed E-state index contributed by atoms with van der Waals surface area (Å²) in [4.78, 5) is 17.6. The molecule has 1 aromatic heterocycles. The molecule has 0 aliphatic rings. The third-order valence-electron chi connectivity index (χ3n) is 3.09. The van der Waals surface area contributed by atoms with Gasteiger partial charge in [0.25, 0.3) is 5.91 Å². The van der Waals surface area contributed by atoms with Crippen LogP contribution in [-0.2, 0) is 0 Å². The van der Waals surface area contributed by atoms with Crippen LogP contribution in [0.5, 0.6) is 0 Å². The second-order valence-electron chi connectivity index (χ2n) is 4.74. The number of rotatable bonds is 3. The van der Waals surface area contributed by atoms with E-state index in [2.05, 4.69) is 10.3 Å². The van der Waals surface area contributed by atoms with Gasteiger partial charge in [-0.2, -0.15) is 0 Å². The average molecular weight is 312 g/mol. The minimum absolute atomic E-state index is 0.296. The van der Waals surface area contributed by atoms with Gasteiger partial charge >= 0.3 is 0 Å². The van der Waals surface area contributed by atoms with E-state index in [1.165, 1.54) is 35.6 Å². The van der Waals surface area contributed by atoms with Crippen LogP contribution in [0, 0.1) is 12.7 Å². The third-order valence-corrected chi connectivity index (χ3v) is 4.11. The smallest absolute Gasteiger partial charge is 0.275 e. The van der Waals surface area contributed by atoms with E-state index in [1.54, 1.807) is 0 Å². The summed E-state index contributed by atoms with van der Waals surface area (Å²) < 4.78 is 12.9. The fraction of sp³-hybridized carbons (Fsp3) is 0.0588. The van der Waals surface area contributed by atoms with Crippen molar-refractivity contribution in [1.82, 2.24) is 4.98 Å². The molecule has 5 heteroatoms. The van der Waals surface area contributed by atoms with E-state index in [0.29, 0.717) is 11.4 Å². The third kappa shape index (κ3) is 3.04. The first kappa shape index (κ1) is 14.4. The Morgan fingerprint density at radius 3 is 2.45 bits per heavy atom. The minimum Gasteiger partial charge on any atom is -0.321 e. The van der Waals surface area contributed by atoms with Gasteiger partial charge in [-0.25, -0.2) is 9.37 Å². The second kappa shape index (κ2) is 6.07. The lowest BCUT2D eigenvalue weighted by atomic mass is 10.1. The molecule has 1 heterocycles. The first-order valence-electron chi connectivity index (χ1n) is 6.73. The summed E-state index contributed by atoms with van der Waals surface area (Å²) in [6, 6.07) is 15.3. The number of anilines is 1. The van der Waals surface area contributed by atoms with Crippen LogP contribution in [0.1, 0.15) is 15.5 Å². The molecule has 0 unspecified atom stereocenters. The molecule has 3 nitrogen and oxygen atoms in total. The molecular weight excluding hydrogens is 299 g/mol. The van der Waals surface area contributed by atoms with E-state index in [1.807, 2.05) is 37.3 Å². The molecule has 0 saturated heterocycles. The summed E-state index contributed by atoms with van der Waals surface area (Å²) in [6.07, 6.45) is 0. The summed E-state index contributed by atoms with van der Waals surface area (Å²) in [7, 11) is 0. The van der Waals surface area contributed by atoms with Gasteiger partial charge in [0.15, 0.2) is 0 Å². The number of carbonyl (C=O) groups excluding carboxylic acids is 1. The molecule has 110 valence electrons. The molecule has 3 aromatic rings. The zero-order valence-corrected chi connectivity index (χ0v) is 12.7. The van der Waals surface area contributed by atoms with Gasteiger partial charge in [0, 0.05) is 5.69 Å². The van der Waals surface area contributed by atoms with E-state index in [9.17, 15) is 9.18 Å². The molecule has 2 aromatic carbocycles. The van der Waals surface area contributed by atoms with E-state index >= 15 is 0 Å². The highest BCUT2D eigenvalue weighted by molar-refractivity contribution is 7.15. The Hall–Kier alpha value is -2.53. The van der Waals surface area contributed by atoms with Gasteiger partial charge in [-0.1, -0.05) is 30.3 Å². The monoisotopic (exact) mass is 312 g/mol. The molecule has 1 amide bonds. The van der Waals surface area contributed by atoms with Crippen LogP contribution in [0.4, 0.5) is 10.1 Å². The topological polar surface area (TPSA) is 42.0 Å². The number of amides is 1. The highest BCUT2D eigenvalue weighted by atomic mass is 32.1. The van der Waals surface area contributed by atoms with Crippen molar-refractivity contribution < 1.29 is 9.18 Å². The first-order valence-corrected chi connectivity index (χ1v) is 7.55. The number of aromatic nitrogens is 1. The number of nitrogens with zero attached hydrogens (tertiary/aromatic N) is 1. The second-order valence-corrected chi connectivity index (χ2v) is 5.94. The van der Waals surface area contributed by atoms with Crippen molar-refractivity contribution in [2.24, 2.45) is 0 Å². The van der Waals surface area contributed by atoms with E-state index in [4.69, 9.17) is 0 Å². The zero-order valence-electron chi connectivity index (χ0n) is 11.8. The molecule has 0 saturated carbocycles. The molecule has 0 spiro atoms. The maximum atomic E-state index is 12.9. The normalized spacial score (nSPS) is 10.5. The highest BCUT2D eigenvalue weighted by Crippen LogP contribution is 2.30. The summed E-state index contributed by atoms with van der Waals surface area (Å²) in [6.45, 7) is 1.87. The lowest BCUT2D eigenvalue weighted by molar-refractivity contribution is 0.102. The Morgan fingerprint density at radius 1 is 1.09 bits per heavy atom. The van der Waals surface area contributed by atoms with Crippen molar-refractivity contribution in [3.63, 3.8) is 0 Å². The van der Waals surface area contributed by atoms with Crippen LogP contribution >= 0.6 is 11.3 Å². The Morgan fingerprint density at radius 2 is 1.77 bits per heavy atom. The first-order chi connectivity index (χ1) is 10.6. The number of halogens is 1. The fourth-order valence-corrected chi connectivity index (χ4v) is 3.01. The molecule has 3 rings (SSSR count). The minimum atomic E-state index is -0.340. The molecule has 0 aliphatic heterocycles. The van der Waals surface area contributed by atoms with Gasteiger partial charge in [0.2, 0.25) is 0 Å². The number of benzene rings is 2. The number of nitrogens with one attached hydrogen (secondary N) is 1. The van der Waals surface area contributed by atoms with E-state index in [0.717, 1.165) is 15.4 Å². The van der Waals surface area contributed by atoms with Gasteiger partial charge in [-0.15, -0.1) is 11.3 Å². The van der Waals surface area contributed by atoms with Gasteiger partial charge in [0.05, 0.1) is 9.88 Å². The van der Waals surface area contributed by atoms with Crippen molar-refractivity contribution in [2.45, 2.75) is 6.92 Å². The molecule has 0 bridgehead atoms. The summed E-state index contributed by atoms with van der Waals surface area (Å²) >= 11 is 1.48. The Kier molecular flexibility index (Phi) is 3.98. The predicted molar refractivity (Wildman–Crippen MR) is 86.6 cm³/mol. The van der Waals surface area contributed by atoms with Gasteiger partial charge in [-0.3, -0.25) is 4.79 Å². The number of aryl methyl sites for hydroxylation is 1. The van der Waals surface area contributed by atoms with Gasteiger partial charge < -0.3 is 5.32 Å². The summed E-state index contributed by atoms with van der Waals surface area (Å²) in [5.74, 6) is -0.637. The molecule has 1 N–H and O–H groups in total. The van der Waals surface area contributed by atoms with E-state index in [-0.39, 0.29) is 11.7 Å². The molecule has 0 fully saturated rings. The lowest BCUT2D eigenvalue weighted by Crippen LogP contribution is -2.13. The maximum absolute atomic E-state index is 12.9. The average Bonchev–Trinajstić information content (AvgIpc) is 2.92. The van der Waals surface area contributed by atoms with Crippen LogP contribution in [0.15, 0.2) is 54.6 Å². The molecule has 0 radical (unpaired) electrons. The number of hydrogen-bond donors (Lipinski definition) is 1. The molecule has 22 heavy (non-hydrogen) atoms. The number of hydrogen-bond acceptors (Lipinski definition) is 3. The molecule has 0 atom stereocenters. The molecular formula is C17H13FN2OS. The summed E-state index contributed by atoms with van der Waals surface area (Å²) in [5, 5.41) is 3.57. The van der Waals surface area contributed by atoms with Crippen molar-refractivity contribution >= 4 is 22.9 Å². The zero-order chi connectivity index (χ0) is 15.5. The lowest BCUT2D eigenvalue weighted by Gasteiger charge is -2.05.